The van der Waals surface area contributed by atoms with Crippen molar-refractivity contribution in [3.05, 3.63) is 128 Å². The Kier molecular flexibility index (Phi) is 11.6. The van der Waals surface area contributed by atoms with E-state index in [4.69, 9.17) is 23.2 Å². The van der Waals surface area contributed by atoms with E-state index < -0.39 is 34.1 Å². The second-order valence-electron chi connectivity index (χ2n) is 12.0. The van der Waals surface area contributed by atoms with Gasteiger partial charge in [0.15, 0.2) is 0 Å². The van der Waals surface area contributed by atoms with E-state index in [1.165, 1.54) is 17.0 Å². The van der Waals surface area contributed by atoms with Crippen LogP contribution < -0.4 is 9.62 Å². The van der Waals surface area contributed by atoms with Gasteiger partial charge in [-0.2, -0.15) is 0 Å². The van der Waals surface area contributed by atoms with Gasteiger partial charge in [0.2, 0.25) is 11.8 Å². The van der Waals surface area contributed by atoms with E-state index in [2.05, 4.69) is 21.2 Å². The molecule has 0 unspecified atom stereocenters. The highest BCUT2D eigenvalue weighted by Gasteiger charge is 2.35. The number of amides is 2. The Morgan fingerprint density at radius 1 is 0.848 bits per heavy atom. The van der Waals surface area contributed by atoms with Gasteiger partial charge in [-0.15, -0.1) is 0 Å². The lowest BCUT2D eigenvalue weighted by molar-refractivity contribution is -0.140. The molecular formula is C35H36BrCl2N3O4S. The molecule has 0 radical (unpaired) electrons. The molecule has 0 bridgehead atoms. The third-order valence-corrected chi connectivity index (χ3v) is 10.1. The zero-order valence-electron chi connectivity index (χ0n) is 26.0. The first-order chi connectivity index (χ1) is 21.6. The number of sulfonamides is 1. The molecule has 0 fully saturated rings. The van der Waals surface area contributed by atoms with Crippen LogP contribution in [0.3, 0.4) is 0 Å². The van der Waals surface area contributed by atoms with E-state index in [-0.39, 0.29) is 29.5 Å². The molecule has 4 aromatic rings. The summed E-state index contributed by atoms with van der Waals surface area (Å²) in [4.78, 5) is 30.0. The number of anilines is 1. The summed E-state index contributed by atoms with van der Waals surface area (Å²) in [6.45, 7) is 6.85. The fourth-order valence-electron chi connectivity index (χ4n) is 4.84. The van der Waals surface area contributed by atoms with E-state index in [1.807, 2.05) is 58.0 Å². The Hall–Kier alpha value is -3.37. The normalized spacial score (nSPS) is 12.3. The van der Waals surface area contributed by atoms with Crippen molar-refractivity contribution in [2.75, 3.05) is 10.8 Å². The number of aryl methyl sites for hydroxylation is 1. The van der Waals surface area contributed by atoms with Gasteiger partial charge in [-0.25, -0.2) is 8.42 Å². The van der Waals surface area contributed by atoms with Gasteiger partial charge in [-0.05, 0) is 81.3 Å². The predicted octanol–water partition coefficient (Wildman–Crippen LogP) is 7.81. The molecule has 1 N–H and O–H groups in total. The number of carbonyl (C=O) groups excluding carboxylic acids is 2. The van der Waals surface area contributed by atoms with Gasteiger partial charge >= 0.3 is 0 Å². The maximum Gasteiger partial charge on any atom is 0.264 e. The Balaban J connectivity index is 1.83. The van der Waals surface area contributed by atoms with E-state index in [1.54, 1.807) is 54.6 Å². The first-order valence-electron chi connectivity index (χ1n) is 14.6. The Morgan fingerprint density at radius 3 is 2.13 bits per heavy atom. The number of carbonyl (C=O) groups is 2. The van der Waals surface area contributed by atoms with Crippen LogP contribution in [-0.2, 0) is 32.6 Å². The molecule has 0 heterocycles. The summed E-state index contributed by atoms with van der Waals surface area (Å²) >= 11 is 16.0. The highest BCUT2D eigenvalue weighted by atomic mass is 79.9. The van der Waals surface area contributed by atoms with E-state index in [9.17, 15) is 18.0 Å². The molecule has 0 saturated heterocycles. The average molecular weight is 746 g/mol. The number of hydrogen-bond acceptors (Lipinski definition) is 4. The fourth-order valence-corrected chi connectivity index (χ4v) is 6.95. The molecule has 0 spiro atoms. The molecule has 0 aliphatic rings. The average Bonchev–Trinajstić information content (AvgIpc) is 2.99. The summed E-state index contributed by atoms with van der Waals surface area (Å²) in [5, 5.41) is 3.66. The SMILES string of the molecule is Cc1ccc(S(=O)(=O)N(CC(=O)N(Cc2ccc(Cl)c(Cl)c2)[C@@H](Cc2ccccc2)C(=O)NC(C)(C)C)c2cccc(Br)c2)cc1. The van der Waals surface area contributed by atoms with Crippen molar-refractivity contribution >= 4 is 66.7 Å². The number of rotatable bonds is 11. The zero-order valence-corrected chi connectivity index (χ0v) is 29.9. The van der Waals surface area contributed by atoms with Gasteiger partial charge < -0.3 is 10.2 Å². The molecule has 4 aromatic carbocycles. The maximum atomic E-state index is 14.6. The topological polar surface area (TPSA) is 86.8 Å². The molecule has 7 nitrogen and oxygen atoms in total. The van der Waals surface area contributed by atoms with Crippen molar-refractivity contribution in [1.82, 2.24) is 10.2 Å². The van der Waals surface area contributed by atoms with Gasteiger partial charge in [0.25, 0.3) is 10.0 Å². The van der Waals surface area contributed by atoms with Crippen LogP contribution in [0.15, 0.2) is 106 Å². The van der Waals surface area contributed by atoms with Crippen LogP contribution in [0, 0.1) is 6.92 Å². The van der Waals surface area contributed by atoms with Crippen molar-refractivity contribution in [2.45, 2.75) is 57.1 Å². The zero-order chi connectivity index (χ0) is 33.6. The first-order valence-corrected chi connectivity index (χ1v) is 17.6. The lowest BCUT2D eigenvalue weighted by Crippen LogP contribution is -2.56. The van der Waals surface area contributed by atoms with Crippen LogP contribution in [0.5, 0.6) is 0 Å². The lowest BCUT2D eigenvalue weighted by atomic mass is 10.0. The largest absolute Gasteiger partial charge is 0.350 e. The predicted molar refractivity (Wildman–Crippen MR) is 189 cm³/mol. The van der Waals surface area contributed by atoms with Gasteiger partial charge in [-0.3, -0.25) is 13.9 Å². The first kappa shape index (κ1) is 35.5. The summed E-state index contributed by atoms with van der Waals surface area (Å²) in [7, 11) is -4.21. The van der Waals surface area contributed by atoms with E-state index >= 15 is 0 Å². The maximum absolute atomic E-state index is 14.6. The summed E-state index contributed by atoms with van der Waals surface area (Å²) in [5.41, 5.74) is 2.04. The van der Waals surface area contributed by atoms with Crippen LogP contribution in [0.1, 0.15) is 37.5 Å². The van der Waals surface area contributed by atoms with Crippen LogP contribution in [0.25, 0.3) is 0 Å². The third-order valence-electron chi connectivity index (χ3n) is 7.09. The lowest BCUT2D eigenvalue weighted by Gasteiger charge is -2.35. The van der Waals surface area contributed by atoms with Crippen LogP contribution in [0.4, 0.5) is 5.69 Å². The number of benzene rings is 4. The molecule has 2 amide bonds. The number of hydrogen-bond donors (Lipinski definition) is 1. The second kappa shape index (κ2) is 15.0. The van der Waals surface area contributed by atoms with Crippen LogP contribution in [-0.4, -0.2) is 43.3 Å². The molecule has 0 aliphatic carbocycles. The van der Waals surface area contributed by atoms with Crippen molar-refractivity contribution in [3.8, 4) is 0 Å². The molecule has 0 saturated carbocycles. The molecule has 46 heavy (non-hydrogen) atoms. The van der Waals surface area contributed by atoms with Gasteiger partial charge in [0.05, 0.1) is 20.6 Å². The highest BCUT2D eigenvalue weighted by Crippen LogP contribution is 2.28. The number of nitrogens with zero attached hydrogens (tertiary/aromatic N) is 2. The van der Waals surface area contributed by atoms with Crippen molar-refractivity contribution < 1.29 is 18.0 Å². The molecule has 11 heteroatoms. The molecular weight excluding hydrogens is 709 g/mol. The molecule has 0 aromatic heterocycles. The minimum absolute atomic E-state index is 0.0261. The Labute approximate surface area is 289 Å². The van der Waals surface area contributed by atoms with E-state index in [0.717, 1.165) is 15.4 Å². The van der Waals surface area contributed by atoms with Crippen molar-refractivity contribution in [1.29, 1.82) is 0 Å². The Morgan fingerprint density at radius 2 is 1.52 bits per heavy atom. The van der Waals surface area contributed by atoms with Crippen molar-refractivity contribution in [3.63, 3.8) is 0 Å². The van der Waals surface area contributed by atoms with Gasteiger partial charge in [-0.1, -0.05) is 99.3 Å². The summed E-state index contributed by atoms with van der Waals surface area (Å²) in [6, 6.07) is 26.5. The molecule has 242 valence electrons. The molecule has 4 rings (SSSR count). The van der Waals surface area contributed by atoms with E-state index in [0.29, 0.717) is 20.1 Å². The van der Waals surface area contributed by atoms with Crippen LogP contribution >= 0.6 is 39.1 Å². The quantitative estimate of drug-likeness (QED) is 0.170. The van der Waals surface area contributed by atoms with Gasteiger partial charge in [0, 0.05) is 23.0 Å². The summed E-state index contributed by atoms with van der Waals surface area (Å²) in [6.07, 6.45) is 0.192. The minimum Gasteiger partial charge on any atom is -0.350 e. The highest BCUT2D eigenvalue weighted by molar-refractivity contribution is 9.10. The summed E-state index contributed by atoms with van der Waals surface area (Å²) in [5.74, 6) is -0.952. The molecule has 0 aliphatic heterocycles. The Bertz CT molecular complexity index is 1800. The smallest absolute Gasteiger partial charge is 0.264 e. The second-order valence-corrected chi connectivity index (χ2v) is 15.6. The minimum atomic E-state index is -4.21. The summed E-state index contributed by atoms with van der Waals surface area (Å²) < 4.78 is 30.0. The number of halogens is 3. The number of nitrogens with one attached hydrogen (secondary N) is 1. The standard InChI is InChI=1S/C35H36BrCl2N3O4S/c1-24-13-16-29(17-14-24)46(44,45)41(28-12-8-11-27(36)21-28)23-33(42)40(22-26-15-18-30(37)31(38)19-26)32(34(43)39-35(2,3)4)20-25-9-6-5-7-10-25/h5-19,21,32H,20,22-23H2,1-4H3,(H,39,43)/t32-/m0/s1. The third kappa shape index (κ3) is 9.35. The monoisotopic (exact) mass is 743 g/mol. The van der Waals surface area contributed by atoms with Gasteiger partial charge in [0.1, 0.15) is 12.6 Å². The molecule has 1 atom stereocenters. The van der Waals surface area contributed by atoms with Crippen LogP contribution in [0.2, 0.25) is 10.0 Å². The van der Waals surface area contributed by atoms with Crippen molar-refractivity contribution in [2.24, 2.45) is 0 Å². The fraction of sp³-hybridized carbons (Fsp3) is 0.257.